The minimum absolute atomic E-state index is 0.454. The van der Waals surface area contributed by atoms with Gasteiger partial charge in [-0.25, -0.2) is 0 Å². The maximum Gasteiger partial charge on any atom is 0.0909 e. The summed E-state index contributed by atoms with van der Waals surface area (Å²) in [6.07, 6.45) is 3.45. The van der Waals surface area contributed by atoms with Crippen LogP contribution in [0.2, 0.25) is 0 Å². The first-order valence-electron chi connectivity index (χ1n) is 4.00. The Morgan fingerprint density at radius 3 is 2.40 bits per heavy atom. The minimum atomic E-state index is 0.454. The van der Waals surface area contributed by atoms with Gasteiger partial charge in [0.25, 0.3) is 0 Å². The van der Waals surface area contributed by atoms with Crippen LogP contribution in [0.5, 0.6) is 0 Å². The fraction of sp³-hybridized carbons (Fsp3) is 0.875. The van der Waals surface area contributed by atoms with Crippen LogP contribution in [-0.4, -0.2) is 11.9 Å². The van der Waals surface area contributed by atoms with E-state index in [1.807, 2.05) is 6.92 Å². The SMILES string of the molecule is CCCC(CC)N=C(C)N. The van der Waals surface area contributed by atoms with Crippen molar-refractivity contribution in [2.24, 2.45) is 10.7 Å². The minimum Gasteiger partial charge on any atom is -0.388 e. The van der Waals surface area contributed by atoms with E-state index in [0.29, 0.717) is 11.9 Å². The van der Waals surface area contributed by atoms with Gasteiger partial charge in [0.1, 0.15) is 0 Å². The van der Waals surface area contributed by atoms with E-state index in [9.17, 15) is 0 Å². The molecule has 2 N–H and O–H groups in total. The highest BCUT2D eigenvalue weighted by atomic mass is 14.9. The van der Waals surface area contributed by atoms with Crippen molar-refractivity contribution in [2.45, 2.75) is 46.1 Å². The van der Waals surface area contributed by atoms with Gasteiger partial charge in [-0.3, -0.25) is 4.99 Å². The van der Waals surface area contributed by atoms with Crippen molar-refractivity contribution in [2.75, 3.05) is 0 Å². The second-order valence-electron chi connectivity index (χ2n) is 2.62. The molecule has 1 unspecified atom stereocenters. The Labute approximate surface area is 63.5 Å². The summed E-state index contributed by atoms with van der Waals surface area (Å²) >= 11 is 0. The zero-order valence-corrected chi connectivity index (χ0v) is 7.22. The lowest BCUT2D eigenvalue weighted by molar-refractivity contribution is 0.588. The van der Waals surface area contributed by atoms with Gasteiger partial charge in [0.05, 0.1) is 11.9 Å². The van der Waals surface area contributed by atoms with E-state index >= 15 is 0 Å². The van der Waals surface area contributed by atoms with Crippen LogP contribution in [0.1, 0.15) is 40.0 Å². The van der Waals surface area contributed by atoms with E-state index in [4.69, 9.17) is 5.73 Å². The van der Waals surface area contributed by atoms with E-state index in [0.717, 1.165) is 12.8 Å². The highest BCUT2D eigenvalue weighted by Crippen LogP contribution is 2.05. The lowest BCUT2D eigenvalue weighted by Crippen LogP contribution is -2.12. The summed E-state index contributed by atoms with van der Waals surface area (Å²) in [5.74, 6) is 0.709. The number of nitrogens with two attached hydrogens (primary N) is 1. The Morgan fingerprint density at radius 2 is 2.10 bits per heavy atom. The molecule has 60 valence electrons. The summed E-state index contributed by atoms with van der Waals surface area (Å²) in [6.45, 7) is 6.16. The Kier molecular flexibility index (Phi) is 4.99. The van der Waals surface area contributed by atoms with Crippen LogP contribution in [0.3, 0.4) is 0 Å². The molecule has 2 nitrogen and oxygen atoms in total. The van der Waals surface area contributed by atoms with Crippen LogP contribution < -0.4 is 5.73 Å². The maximum absolute atomic E-state index is 5.45. The number of amidine groups is 1. The van der Waals surface area contributed by atoms with Crippen molar-refractivity contribution in [3.05, 3.63) is 0 Å². The predicted molar refractivity (Wildman–Crippen MR) is 46.3 cm³/mol. The normalized spacial score (nSPS) is 15.3. The fourth-order valence-electron chi connectivity index (χ4n) is 0.981. The molecule has 0 spiro atoms. The van der Waals surface area contributed by atoms with Crippen molar-refractivity contribution < 1.29 is 0 Å². The van der Waals surface area contributed by atoms with Gasteiger partial charge in [-0.1, -0.05) is 20.3 Å². The topological polar surface area (TPSA) is 38.4 Å². The zero-order valence-electron chi connectivity index (χ0n) is 7.22. The first-order valence-corrected chi connectivity index (χ1v) is 4.00. The third-order valence-electron chi connectivity index (χ3n) is 1.48. The van der Waals surface area contributed by atoms with Crippen LogP contribution >= 0.6 is 0 Å². The van der Waals surface area contributed by atoms with Crippen molar-refractivity contribution in [1.29, 1.82) is 0 Å². The molecule has 0 fully saturated rings. The molecule has 0 aromatic rings. The van der Waals surface area contributed by atoms with E-state index in [1.54, 1.807) is 0 Å². The molecule has 0 heterocycles. The molecular formula is C8H18N2. The number of hydrogen-bond acceptors (Lipinski definition) is 1. The van der Waals surface area contributed by atoms with Crippen molar-refractivity contribution >= 4 is 5.84 Å². The largest absolute Gasteiger partial charge is 0.388 e. The average molecular weight is 142 g/mol. The summed E-state index contributed by atoms with van der Waals surface area (Å²) in [7, 11) is 0. The molecule has 0 aliphatic heterocycles. The van der Waals surface area contributed by atoms with Gasteiger partial charge in [-0.05, 0) is 19.8 Å². The molecule has 0 radical (unpaired) electrons. The zero-order chi connectivity index (χ0) is 7.98. The second kappa shape index (κ2) is 5.27. The molecule has 10 heavy (non-hydrogen) atoms. The van der Waals surface area contributed by atoms with Gasteiger partial charge >= 0.3 is 0 Å². The first kappa shape index (κ1) is 9.47. The van der Waals surface area contributed by atoms with Crippen molar-refractivity contribution in [3.63, 3.8) is 0 Å². The summed E-state index contributed by atoms with van der Waals surface area (Å²) in [5, 5.41) is 0. The quantitative estimate of drug-likeness (QED) is 0.473. The van der Waals surface area contributed by atoms with E-state index < -0.39 is 0 Å². The van der Waals surface area contributed by atoms with Crippen LogP contribution in [-0.2, 0) is 0 Å². The van der Waals surface area contributed by atoms with E-state index in [-0.39, 0.29) is 0 Å². The van der Waals surface area contributed by atoms with Crippen molar-refractivity contribution in [1.82, 2.24) is 0 Å². The van der Waals surface area contributed by atoms with E-state index in [1.165, 1.54) is 6.42 Å². The van der Waals surface area contributed by atoms with Gasteiger partial charge in [0.2, 0.25) is 0 Å². The smallest absolute Gasteiger partial charge is 0.0909 e. The molecule has 0 aromatic heterocycles. The molecule has 0 aliphatic carbocycles. The molecule has 0 aromatic carbocycles. The second-order valence-corrected chi connectivity index (χ2v) is 2.62. The Morgan fingerprint density at radius 1 is 1.50 bits per heavy atom. The molecule has 0 saturated heterocycles. The molecule has 1 atom stereocenters. The maximum atomic E-state index is 5.45. The lowest BCUT2D eigenvalue weighted by atomic mass is 10.1. The fourth-order valence-corrected chi connectivity index (χ4v) is 0.981. The highest BCUT2D eigenvalue weighted by Gasteiger charge is 2.00. The van der Waals surface area contributed by atoms with Gasteiger partial charge in [-0.15, -0.1) is 0 Å². The van der Waals surface area contributed by atoms with Crippen molar-refractivity contribution in [3.8, 4) is 0 Å². The third kappa shape index (κ3) is 4.36. The molecule has 0 amide bonds. The van der Waals surface area contributed by atoms with Crippen LogP contribution in [0.25, 0.3) is 0 Å². The Hall–Kier alpha value is -0.530. The van der Waals surface area contributed by atoms with Gasteiger partial charge in [-0.2, -0.15) is 0 Å². The molecule has 2 heteroatoms. The monoisotopic (exact) mass is 142 g/mol. The van der Waals surface area contributed by atoms with E-state index in [2.05, 4.69) is 18.8 Å². The molecule has 0 aliphatic rings. The van der Waals surface area contributed by atoms with Crippen LogP contribution in [0, 0.1) is 0 Å². The Bertz CT molecular complexity index is 104. The van der Waals surface area contributed by atoms with Crippen LogP contribution in [0.15, 0.2) is 4.99 Å². The summed E-state index contributed by atoms with van der Waals surface area (Å²) in [6, 6.07) is 0.454. The van der Waals surface area contributed by atoms with Crippen LogP contribution in [0.4, 0.5) is 0 Å². The Balaban J connectivity index is 3.71. The number of rotatable bonds is 4. The van der Waals surface area contributed by atoms with Gasteiger partial charge in [0, 0.05) is 0 Å². The van der Waals surface area contributed by atoms with Gasteiger partial charge in [0.15, 0.2) is 0 Å². The summed E-state index contributed by atoms with van der Waals surface area (Å²) in [4.78, 5) is 4.28. The summed E-state index contributed by atoms with van der Waals surface area (Å²) < 4.78 is 0. The molecule has 0 bridgehead atoms. The molecule has 0 saturated carbocycles. The number of hydrogen-bond donors (Lipinski definition) is 1. The average Bonchev–Trinajstić information content (AvgIpc) is 1.86. The first-order chi connectivity index (χ1) is 4.70. The standard InChI is InChI=1S/C8H18N2/c1-4-6-8(5-2)10-7(3)9/h8H,4-6H2,1-3H3,(H2,9,10). The predicted octanol–water partition coefficient (Wildman–Crippen LogP) is 1.94. The number of aliphatic imine (C=N–C) groups is 1. The summed E-state index contributed by atoms with van der Waals surface area (Å²) in [5.41, 5.74) is 5.45. The van der Waals surface area contributed by atoms with Gasteiger partial charge < -0.3 is 5.73 Å². The number of nitrogens with zero attached hydrogens (tertiary/aromatic N) is 1. The molecular weight excluding hydrogens is 124 g/mol. The third-order valence-corrected chi connectivity index (χ3v) is 1.48. The highest BCUT2D eigenvalue weighted by molar-refractivity contribution is 5.77. The lowest BCUT2D eigenvalue weighted by Gasteiger charge is -2.07. The molecule has 0 rings (SSSR count).